The Kier molecular flexibility index (Phi) is 9.40. The minimum atomic E-state index is -1.58. The largest absolute Gasteiger partial charge is 0.335 e. The highest BCUT2D eigenvalue weighted by Gasteiger charge is 2.63. The van der Waals surface area contributed by atoms with Gasteiger partial charge in [0, 0.05) is 50.6 Å². The summed E-state index contributed by atoms with van der Waals surface area (Å²) in [5.41, 5.74) is 23.3. The fourth-order valence-electron chi connectivity index (χ4n) is 15.0. The van der Waals surface area contributed by atoms with E-state index in [1.165, 1.54) is 135 Å². The molecule has 0 radical (unpaired) electrons. The zero-order valence-corrected chi connectivity index (χ0v) is 44.4. The molecule has 0 saturated heterocycles. The molecule has 13 rings (SSSR count). The first-order valence-electron chi connectivity index (χ1n) is 26.7. The molecule has 2 saturated carbocycles. The lowest BCUT2D eigenvalue weighted by Gasteiger charge is -2.53. The maximum Gasteiger partial charge on any atom is 0.252 e. The van der Waals surface area contributed by atoms with Gasteiger partial charge in [0.2, 0.25) is 0 Å². The smallest absolute Gasteiger partial charge is 0.252 e. The minimum Gasteiger partial charge on any atom is -0.335 e. The van der Waals surface area contributed by atoms with Crippen molar-refractivity contribution in [1.29, 1.82) is 0 Å². The first-order valence-corrected chi connectivity index (χ1v) is 30.2. The van der Waals surface area contributed by atoms with Crippen LogP contribution in [0.25, 0.3) is 22.3 Å². The number of benzene rings is 7. The minimum absolute atomic E-state index is 0.00391. The first-order chi connectivity index (χ1) is 33.4. The molecule has 7 aromatic carbocycles. The van der Waals surface area contributed by atoms with Crippen LogP contribution in [0.2, 0.25) is 19.6 Å². The van der Waals surface area contributed by atoms with E-state index in [4.69, 9.17) is 0 Å². The molecule has 5 heteroatoms. The standard InChI is InChI=1S/C65H70BN3Si/c1-61(2,3)47-38-52-60-54(39-47)66-53-37-46(44-23-15-12-16-24-44)27-31-56(53)67(48-28-25-45(26-29-48)43-21-13-11-14-22-43)57-40-49(41-58(59(57)66)69(60)65(7)36-20-18-34-63(52,65)5)68-55-32-30-50(70(8,9)10)42-51(55)62(4)33-17-19-35-64(62,68)6/h11-16,21-32,37-42H,17-20,33-36H2,1-10H3. The van der Waals surface area contributed by atoms with E-state index in [1.54, 1.807) is 16.3 Å². The first kappa shape index (κ1) is 44.2. The van der Waals surface area contributed by atoms with E-state index < -0.39 is 8.07 Å². The fraction of sp³-hybridized carbons (Fsp3) is 0.354. The molecule has 4 heterocycles. The molecule has 2 fully saturated rings. The molecule has 70 heavy (non-hydrogen) atoms. The third-order valence-corrected chi connectivity index (χ3v) is 21.5. The highest BCUT2D eigenvalue weighted by atomic mass is 28.3. The lowest BCUT2D eigenvalue weighted by Crippen LogP contribution is -2.64. The third kappa shape index (κ3) is 5.94. The summed E-state index contributed by atoms with van der Waals surface area (Å²) in [7, 11) is -1.58. The second kappa shape index (κ2) is 14.9. The van der Waals surface area contributed by atoms with Gasteiger partial charge in [-0.3, -0.25) is 0 Å². The van der Waals surface area contributed by atoms with Gasteiger partial charge in [-0.05, 0) is 137 Å². The molecular formula is C65H70BN3Si. The van der Waals surface area contributed by atoms with Crippen LogP contribution in [-0.2, 0) is 16.2 Å². The van der Waals surface area contributed by atoms with Gasteiger partial charge in [0.05, 0.1) is 19.2 Å². The van der Waals surface area contributed by atoms with Gasteiger partial charge < -0.3 is 14.7 Å². The van der Waals surface area contributed by atoms with Gasteiger partial charge in [0.1, 0.15) is 0 Å². The number of hydrogen-bond acceptors (Lipinski definition) is 3. The Morgan fingerprint density at radius 2 is 1.03 bits per heavy atom. The summed E-state index contributed by atoms with van der Waals surface area (Å²) in [6, 6.07) is 57.3. The molecule has 0 aromatic heterocycles. The van der Waals surface area contributed by atoms with Crippen LogP contribution in [0, 0.1) is 0 Å². The molecule has 2 aliphatic carbocycles. The van der Waals surface area contributed by atoms with Crippen molar-refractivity contribution in [2.24, 2.45) is 0 Å². The summed E-state index contributed by atoms with van der Waals surface area (Å²) < 4.78 is 0. The lowest BCUT2D eigenvalue weighted by molar-refractivity contribution is 0.194. The predicted octanol–water partition coefficient (Wildman–Crippen LogP) is 15.0. The lowest BCUT2D eigenvalue weighted by atomic mass is 9.33. The van der Waals surface area contributed by atoms with Crippen LogP contribution in [0.1, 0.15) is 117 Å². The molecular weight excluding hydrogens is 862 g/mol. The number of rotatable bonds is 5. The molecule has 3 nitrogen and oxygen atoms in total. The van der Waals surface area contributed by atoms with Gasteiger partial charge in [-0.2, -0.15) is 0 Å². The molecule has 7 aromatic rings. The Labute approximate surface area is 420 Å². The second-order valence-corrected chi connectivity index (χ2v) is 30.3. The van der Waals surface area contributed by atoms with Gasteiger partial charge in [0.15, 0.2) is 0 Å². The fourth-order valence-corrected chi connectivity index (χ4v) is 16.2. The second-order valence-electron chi connectivity index (χ2n) is 25.2. The van der Waals surface area contributed by atoms with E-state index in [-0.39, 0.29) is 34.0 Å². The Bertz CT molecular complexity index is 3280. The summed E-state index contributed by atoms with van der Waals surface area (Å²) in [5, 5.41) is 1.57. The number of fused-ring (bicyclic) bond motifs is 10. The van der Waals surface area contributed by atoms with Crippen LogP contribution in [-0.4, -0.2) is 25.9 Å². The van der Waals surface area contributed by atoms with E-state index in [2.05, 4.69) is 228 Å². The van der Waals surface area contributed by atoms with Crippen LogP contribution in [0.15, 0.2) is 146 Å². The van der Waals surface area contributed by atoms with Crippen molar-refractivity contribution < 1.29 is 0 Å². The zero-order chi connectivity index (χ0) is 48.3. The molecule has 352 valence electrons. The average Bonchev–Trinajstić information content (AvgIpc) is 3.70. The topological polar surface area (TPSA) is 9.72 Å². The van der Waals surface area contributed by atoms with Crippen LogP contribution < -0.4 is 36.3 Å². The Morgan fingerprint density at radius 1 is 0.471 bits per heavy atom. The molecule has 0 N–H and O–H groups in total. The SMILES string of the molecule is CC(C)(C)c1cc2c3c(c1)C1(C)CCCCC1(C)N3c1cc(N3c4ccc([Si](C)(C)C)cc4C4(C)CCCCC34C)cc3c1B2c1cc(-c2ccccc2)ccc1N3c1ccc(-c2ccccc2)cc1. The summed E-state index contributed by atoms with van der Waals surface area (Å²) in [5.74, 6) is 0. The van der Waals surface area contributed by atoms with Gasteiger partial charge in [-0.15, -0.1) is 0 Å². The maximum atomic E-state index is 2.96. The van der Waals surface area contributed by atoms with Crippen molar-refractivity contribution >= 4 is 76.2 Å². The van der Waals surface area contributed by atoms with Crippen molar-refractivity contribution in [3.05, 3.63) is 162 Å². The van der Waals surface area contributed by atoms with Crippen molar-refractivity contribution in [3.8, 4) is 22.3 Å². The Hall–Kier alpha value is -5.78. The van der Waals surface area contributed by atoms with Crippen LogP contribution >= 0.6 is 0 Å². The van der Waals surface area contributed by atoms with Crippen molar-refractivity contribution in [1.82, 2.24) is 0 Å². The highest BCUT2D eigenvalue weighted by molar-refractivity contribution is 7.00. The van der Waals surface area contributed by atoms with Crippen LogP contribution in [0.5, 0.6) is 0 Å². The van der Waals surface area contributed by atoms with Gasteiger partial charge >= 0.3 is 0 Å². The quantitative estimate of drug-likeness (QED) is 0.159. The van der Waals surface area contributed by atoms with Gasteiger partial charge in [0.25, 0.3) is 6.71 Å². The van der Waals surface area contributed by atoms with E-state index in [1.807, 2.05) is 0 Å². The van der Waals surface area contributed by atoms with Gasteiger partial charge in [-0.25, -0.2) is 0 Å². The summed E-state index contributed by atoms with van der Waals surface area (Å²) >= 11 is 0. The highest BCUT2D eigenvalue weighted by Crippen LogP contribution is 2.65. The number of anilines is 7. The number of hydrogen-bond donors (Lipinski definition) is 0. The van der Waals surface area contributed by atoms with E-state index in [9.17, 15) is 0 Å². The predicted molar refractivity (Wildman–Crippen MR) is 304 cm³/mol. The van der Waals surface area contributed by atoms with E-state index in [0.29, 0.717) is 0 Å². The zero-order valence-electron chi connectivity index (χ0n) is 43.4. The Balaban J connectivity index is 1.14. The molecule has 0 bridgehead atoms. The summed E-state index contributed by atoms with van der Waals surface area (Å²) in [6.07, 6.45) is 9.83. The van der Waals surface area contributed by atoms with E-state index in [0.717, 1.165) is 0 Å². The maximum absolute atomic E-state index is 2.96. The van der Waals surface area contributed by atoms with Crippen molar-refractivity contribution in [3.63, 3.8) is 0 Å². The third-order valence-electron chi connectivity index (χ3n) is 19.4. The average molecular weight is 932 g/mol. The van der Waals surface area contributed by atoms with Crippen LogP contribution in [0.4, 0.5) is 39.8 Å². The number of nitrogens with zero attached hydrogens (tertiary/aromatic N) is 3. The monoisotopic (exact) mass is 932 g/mol. The Morgan fingerprint density at radius 3 is 1.67 bits per heavy atom. The van der Waals surface area contributed by atoms with Crippen LogP contribution in [0.3, 0.4) is 0 Å². The summed E-state index contributed by atoms with van der Waals surface area (Å²) in [4.78, 5) is 8.51. The van der Waals surface area contributed by atoms with Crippen molar-refractivity contribution in [2.75, 3.05) is 14.7 Å². The normalized spacial score (nSPS) is 24.9. The van der Waals surface area contributed by atoms with Gasteiger partial charge in [-0.1, -0.05) is 194 Å². The molecule has 4 atom stereocenters. The van der Waals surface area contributed by atoms with Crippen molar-refractivity contribution in [2.45, 2.75) is 147 Å². The summed E-state index contributed by atoms with van der Waals surface area (Å²) in [6.45, 7) is 25.4. The molecule has 6 aliphatic rings. The molecule has 4 aliphatic heterocycles. The molecule has 0 spiro atoms. The molecule has 0 amide bonds. The molecule has 4 unspecified atom stereocenters. The van der Waals surface area contributed by atoms with E-state index >= 15 is 0 Å².